The molecule has 92 valence electrons. The molecule has 2 rings (SSSR count). The third-order valence-electron chi connectivity index (χ3n) is 4.10. The number of benzene rings is 1. The minimum absolute atomic E-state index is 0.136. The van der Waals surface area contributed by atoms with Gasteiger partial charge in [-0.05, 0) is 38.6 Å². The fraction of sp³-hybridized carbons (Fsp3) is 0.533. The lowest BCUT2D eigenvalue weighted by atomic mass is 9.75. The predicted octanol–water partition coefficient (Wildman–Crippen LogP) is 3.22. The Balaban J connectivity index is 2.40. The highest BCUT2D eigenvalue weighted by atomic mass is 16.1. The highest BCUT2D eigenvalue weighted by Crippen LogP contribution is 2.40. The second-order valence-electron chi connectivity index (χ2n) is 5.23. The molecule has 0 spiro atoms. The molecule has 2 nitrogen and oxygen atoms in total. The zero-order chi connectivity index (χ0) is 12.3. The molecule has 0 aliphatic heterocycles. The number of carbonyl (C=O) groups is 1. The van der Waals surface area contributed by atoms with Gasteiger partial charge in [-0.15, -0.1) is 0 Å². The van der Waals surface area contributed by atoms with Crippen LogP contribution in [0.3, 0.4) is 0 Å². The van der Waals surface area contributed by atoms with Crippen molar-refractivity contribution in [3.05, 3.63) is 35.4 Å². The van der Waals surface area contributed by atoms with Crippen molar-refractivity contribution in [3.8, 4) is 0 Å². The van der Waals surface area contributed by atoms with Gasteiger partial charge in [0.25, 0.3) is 0 Å². The fourth-order valence-corrected chi connectivity index (χ4v) is 3.03. The van der Waals surface area contributed by atoms with E-state index in [0.717, 1.165) is 11.8 Å². The van der Waals surface area contributed by atoms with Crippen LogP contribution in [0.1, 0.15) is 48.0 Å². The molecule has 0 bridgehead atoms. The lowest BCUT2D eigenvalue weighted by Gasteiger charge is -2.43. The zero-order valence-electron chi connectivity index (χ0n) is 10.8. The predicted molar refractivity (Wildman–Crippen MR) is 70.3 cm³/mol. The van der Waals surface area contributed by atoms with E-state index in [1.165, 1.54) is 37.7 Å². The number of rotatable bonds is 3. The number of carbonyl (C=O) groups excluding carboxylic acids is 1. The first-order valence-electron chi connectivity index (χ1n) is 6.42. The van der Waals surface area contributed by atoms with Crippen LogP contribution in [0.2, 0.25) is 0 Å². The zero-order valence-corrected chi connectivity index (χ0v) is 10.8. The van der Waals surface area contributed by atoms with Crippen molar-refractivity contribution in [2.75, 3.05) is 14.1 Å². The second kappa shape index (κ2) is 5.01. The van der Waals surface area contributed by atoms with E-state index in [2.05, 4.69) is 31.1 Å². The average molecular weight is 231 g/mol. The van der Waals surface area contributed by atoms with Gasteiger partial charge in [-0.25, -0.2) is 0 Å². The van der Waals surface area contributed by atoms with E-state index < -0.39 is 0 Å². The van der Waals surface area contributed by atoms with E-state index in [9.17, 15) is 4.79 Å². The molecule has 1 saturated carbocycles. The Morgan fingerprint density at radius 3 is 2.47 bits per heavy atom. The summed E-state index contributed by atoms with van der Waals surface area (Å²) in [5, 5.41) is 0. The van der Waals surface area contributed by atoms with Crippen LogP contribution in [-0.2, 0) is 5.54 Å². The van der Waals surface area contributed by atoms with Crippen molar-refractivity contribution < 1.29 is 4.79 Å². The molecule has 0 aromatic heterocycles. The Morgan fingerprint density at radius 2 is 1.88 bits per heavy atom. The van der Waals surface area contributed by atoms with E-state index in [1.807, 2.05) is 12.1 Å². The van der Waals surface area contributed by atoms with Crippen molar-refractivity contribution in [1.29, 1.82) is 0 Å². The van der Waals surface area contributed by atoms with Crippen LogP contribution in [0.5, 0.6) is 0 Å². The van der Waals surface area contributed by atoms with Crippen LogP contribution in [0.15, 0.2) is 24.3 Å². The van der Waals surface area contributed by atoms with Gasteiger partial charge in [0, 0.05) is 11.1 Å². The standard InChI is InChI=1S/C15H21NO/c1-16(2)15(9-4-3-5-10-15)14-8-6-7-13(11-14)12-17/h6-8,11-12H,3-5,9-10H2,1-2H3. The van der Waals surface area contributed by atoms with Crippen molar-refractivity contribution in [3.63, 3.8) is 0 Å². The summed E-state index contributed by atoms with van der Waals surface area (Å²) in [6.07, 6.45) is 7.23. The Morgan fingerprint density at radius 1 is 1.18 bits per heavy atom. The molecule has 0 N–H and O–H groups in total. The monoisotopic (exact) mass is 231 g/mol. The Kier molecular flexibility index (Phi) is 3.63. The first-order chi connectivity index (χ1) is 8.19. The molecule has 0 saturated heterocycles. The third kappa shape index (κ3) is 2.27. The quantitative estimate of drug-likeness (QED) is 0.744. The first kappa shape index (κ1) is 12.3. The summed E-state index contributed by atoms with van der Waals surface area (Å²) in [6, 6.07) is 8.10. The molecule has 0 heterocycles. The Bertz CT molecular complexity index is 392. The van der Waals surface area contributed by atoms with Gasteiger partial charge in [-0.3, -0.25) is 9.69 Å². The molecule has 1 aromatic rings. The van der Waals surface area contributed by atoms with E-state index in [0.29, 0.717) is 0 Å². The molecule has 17 heavy (non-hydrogen) atoms. The van der Waals surface area contributed by atoms with Gasteiger partial charge >= 0.3 is 0 Å². The molecule has 0 atom stereocenters. The molecule has 1 aliphatic carbocycles. The van der Waals surface area contributed by atoms with E-state index in [4.69, 9.17) is 0 Å². The highest BCUT2D eigenvalue weighted by molar-refractivity contribution is 5.75. The summed E-state index contributed by atoms with van der Waals surface area (Å²) in [5.41, 5.74) is 2.22. The molecule has 1 aliphatic rings. The van der Waals surface area contributed by atoms with Gasteiger partial charge in [0.2, 0.25) is 0 Å². The van der Waals surface area contributed by atoms with Gasteiger partial charge in [-0.1, -0.05) is 37.5 Å². The largest absolute Gasteiger partial charge is 0.300 e. The second-order valence-corrected chi connectivity index (χ2v) is 5.23. The van der Waals surface area contributed by atoms with Gasteiger partial charge in [0.05, 0.1) is 0 Å². The van der Waals surface area contributed by atoms with Crippen LogP contribution in [0, 0.1) is 0 Å². The van der Waals surface area contributed by atoms with Gasteiger partial charge in [0.1, 0.15) is 6.29 Å². The molecule has 2 heteroatoms. The molecule has 1 fully saturated rings. The lowest BCUT2D eigenvalue weighted by Crippen LogP contribution is -2.43. The number of nitrogens with zero attached hydrogens (tertiary/aromatic N) is 1. The lowest BCUT2D eigenvalue weighted by molar-refractivity contribution is 0.0985. The number of hydrogen-bond donors (Lipinski definition) is 0. The molecule has 0 radical (unpaired) electrons. The number of aldehydes is 1. The summed E-state index contributed by atoms with van der Waals surface area (Å²) in [7, 11) is 4.30. The van der Waals surface area contributed by atoms with Crippen molar-refractivity contribution in [2.45, 2.75) is 37.6 Å². The van der Waals surface area contributed by atoms with Gasteiger partial charge < -0.3 is 0 Å². The molecular weight excluding hydrogens is 210 g/mol. The van der Waals surface area contributed by atoms with Crippen LogP contribution in [-0.4, -0.2) is 25.3 Å². The van der Waals surface area contributed by atoms with E-state index in [-0.39, 0.29) is 5.54 Å². The summed E-state index contributed by atoms with van der Waals surface area (Å²) in [5.74, 6) is 0. The summed E-state index contributed by atoms with van der Waals surface area (Å²) >= 11 is 0. The normalized spacial score (nSPS) is 19.2. The Hall–Kier alpha value is -1.15. The fourth-order valence-electron chi connectivity index (χ4n) is 3.03. The van der Waals surface area contributed by atoms with Crippen LogP contribution in [0.4, 0.5) is 0 Å². The molecular formula is C15H21NO. The van der Waals surface area contributed by atoms with Crippen LogP contribution >= 0.6 is 0 Å². The van der Waals surface area contributed by atoms with Crippen LogP contribution < -0.4 is 0 Å². The summed E-state index contributed by atoms with van der Waals surface area (Å²) in [6.45, 7) is 0. The maximum atomic E-state index is 10.9. The van der Waals surface area contributed by atoms with Crippen LogP contribution in [0.25, 0.3) is 0 Å². The van der Waals surface area contributed by atoms with Crippen molar-refractivity contribution in [1.82, 2.24) is 4.90 Å². The number of hydrogen-bond acceptors (Lipinski definition) is 2. The Labute approximate surface area is 104 Å². The summed E-state index contributed by atoms with van der Waals surface area (Å²) in [4.78, 5) is 13.2. The molecule has 0 unspecified atom stereocenters. The average Bonchev–Trinajstić information content (AvgIpc) is 2.39. The molecule has 0 amide bonds. The maximum absolute atomic E-state index is 10.9. The van der Waals surface area contributed by atoms with Crippen molar-refractivity contribution in [2.24, 2.45) is 0 Å². The smallest absolute Gasteiger partial charge is 0.150 e. The first-order valence-corrected chi connectivity index (χ1v) is 6.42. The SMILES string of the molecule is CN(C)C1(c2cccc(C=O)c2)CCCCC1. The van der Waals surface area contributed by atoms with Gasteiger partial charge in [0.15, 0.2) is 0 Å². The minimum Gasteiger partial charge on any atom is -0.300 e. The third-order valence-corrected chi connectivity index (χ3v) is 4.10. The molecule has 1 aromatic carbocycles. The maximum Gasteiger partial charge on any atom is 0.150 e. The highest BCUT2D eigenvalue weighted by Gasteiger charge is 2.35. The van der Waals surface area contributed by atoms with Crippen molar-refractivity contribution >= 4 is 6.29 Å². The van der Waals surface area contributed by atoms with Gasteiger partial charge in [-0.2, -0.15) is 0 Å². The topological polar surface area (TPSA) is 20.3 Å². The van der Waals surface area contributed by atoms with E-state index in [1.54, 1.807) is 0 Å². The van der Waals surface area contributed by atoms with E-state index >= 15 is 0 Å². The summed E-state index contributed by atoms with van der Waals surface area (Å²) < 4.78 is 0. The minimum atomic E-state index is 0.136.